The van der Waals surface area contributed by atoms with Crippen LogP contribution in [0.5, 0.6) is 0 Å². The van der Waals surface area contributed by atoms with Crippen molar-refractivity contribution in [3.8, 4) is 0 Å². The molecule has 1 aromatic rings. The fourth-order valence-corrected chi connectivity index (χ4v) is 8.61. The lowest BCUT2D eigenvalue weighted by Gasteiger charge is -2.28. The number of nitrogens with one attached hydrogen (secondary N) is 11. The van der Waals surface area contributed by atoms with Crippen molar-refractivity contribution in [1.29, 1.82) is 0 Å². The number of benzene rings is 1. The Morgan fingerprint density at radius 1 is 0.643 bits per heavy atom. The van der Waals surface area contributed by atoms with Crippen LogP contribution in [0, 0.1) is 5.92 Å². The first kappa shape index (κ1) is 73.0. The molecule has 0 bridgehead atoms. The Morgan fingerprint density at radius 3 is 1.63 bits per heavy atom. The van der Waals surface area contributed by atoms with E-state index >= 15 is 0 Å². The van der Waals surface area contributed by atoms with Gasteiger partial charge >= 0.3 is 12.2 Å². The van der Waals surface area contributed by atoms with Gasteiger partial charge in [-0.2, -0.15) is 0 Å². The Hall–Kier alpha value is -7.13. The van der Waals surface area contributed by atoms with Gasteiger partial charge in [-0.05, 0) is 105 Å². The summed E-state index contributed by atoms with van der Waals surface area (Å²) >= 11 is 0. The second kappa shape index (κ2) is 35.9. The van der Waals surface area contributed by atoms with Crippen molar-refractivity contribution in [2.24, 2.45) is 11.7 Å². The van der Waals surface area contributed by atoms with Gasteiger partial charge in [-0.25, -0.2) is 9.59 Å². The van der Waals surface area contributed by atoms with Gasteiger partial charge in [0, 0.05) is 38.5 Å². The molecule has 0 aromatic heterocycles. The second-order valence-corrected chi connectivity index (χ2v) is 23.5. The summed E-state index contributed by atoms with van der Waals surface area (Å²) in [7, 11) is 0. The predicted octanol–water partition coefficient (Wildman–Crippen LogP) is -0.0276. The summed E-state index contributed by atoms with van der Waals surface area (Å²) in [4.78, 5) is 153. The molecule has 0 spiro atoms. The van der Waals surface area contributed by atoms with Gasteiger partial charge in [-0.15, -0.1) is 0 Å². The second-order valence-electron chi connectivity index (χ2n) is 23.5. The van der Waals surface area contributed by atoms with Crippen LogP contribution in [-0.4, -0.2) is 173 Å². The van der Waals surface area contributed by atoms with Crippen LogP contribution in [0.2, 0.25) is 0 Å². The topological polar surface area (TPSA) is 405 Å². The zero-order valence-corrected chi connectivity index (χ0v) is 51.0. The van der Waals surface area contributed by atoms with Gasteiger partial charge in [0.15, 0.2) is 0 Å². The highest BCUT2D eigenvalue weighted by Gasteiger charge is 2.36. The Labute approximate surface area is 493 Å². The van der Waals surface area contributed by atoms with E-state index in [9.17, 15) is 63.0 Å². The molecule has 0 aliphatic carbocycles. The molecule has 1 aromatic carbocycles. The lowest BCUT2D eigenvalue weighted by atomic mass is 10.00. The van der Waals surface area contributed by atoms with E-state index in [0.717, 1.165) is 0 Å². The molecule has 474 valence electrons. The van der Waals surface area contributed by atoms with Gasteiger partial charge < -0.3 is 83.9 Å². The molecule has 2 rings (SSSR count). The molecular weight excluding hydrogens is 1090 g/mol. The van der Waals surface area contributed by atoms with Crippen LogP contribution >= 0.6 is 0 Å². The van der Waals surface area contributed by atoms with E-state index in [4.69, 9.17) is 15.2 Å². The van der Waals surface area contributed by atoms with Crippen LogP contribution in [-0.2, 0) is 59.0 Å². The molecule has 0 saturated carbocycles. The lowest BCUT2D eigenvalue weighted by molar-refractivity contribution is -0.136. The molecule has 1 aliphatic rings. The predicted molar refractivity (Wildman–Crippen MR) is 311 cm³/mol. The summed E-state index contributed by atoms with van der Waals surface area (Å²) in [6, 6.07) is -3.94. The van der Waals surface area contributed by atoms with Gasteiger partial charge in [0.2, 0.25) is 53.2 Å². The third-order valence-corrected chi connectivity index (χ3v) is 12.9. The SMILES string of the molecule is CCC[C@@H]1NC(=O)[C@H](CC(C)C)NC(=O)[C@@H](Cc2ccccc2)NC(=O)[C@H](CCNC(=O)OC(C)(C)C)NC(=O)[C@@H](NC(=O)C[C@H](CCNC(=O)OC(C)(C)C)NC(=O)[C@@H](N)[C@H](O)CC)CCNC(=O)[C@H]([C@@H](C)O)NC(=O)[C@H](CCC)NC1=O. The van der Waals surface area contributed by atoms with E-state index < -0.39 is 163 Å². The maximum atomic E-state index is 14.8. The van der Waals surface area contributed by atoms with E-state index in [1.54, 1.807) is 92.6 Å². The van der Waals surface area contributed by atoms with E-state index in [1.807, 2.05) is 13.8 Å². The molecule has 1 aliphatic heterocycles. The number of nitrogens with two attached hydrogens (primary N) is 1. The Kier molecular flexibility index (Phi) is 31.2. The molecule has 11 atom stereocenters. The smallest absolute Gasteiger partial charge is 0.407 e. The molecule has 1 fully saturated rings. The van der Waals surface area contributed by atoms with Gasteiger partial charge in [-0.3, -0.25) is 43.2 Å². The summed E-state index contributed by atoms with van der Waals surface area (Å²) in [5.74, 6) is -7.96. The first-order valence-corrected chi connectivity index (χ1v) is 29.1. The number of carbonyl (C=O) groups excluding carboxylic acids is 11. The van der Waals surface area contributed by atoms with Crippen molar-refractivity contribution in [3.05, 3.63) is 35.9 Å². The third-order valence-electron chi connectivity index (χ3n) is 12.9. The maximum absolute atomic E-state index is 14.8. The van der Waals surface area contributed by atoms with Crippen molar-refractivity contribution in [3.63, 3.8) is 0 Å². The first-order chi connectivity index (χ1) is 39.3. The molecular formula is C57H96N12O15. The van der Waals surface area contributed by atoms with Gasteiger partial charge in [0.05, 0.1) is 12.2 Å². The minimum atomic E-state index is -1.63. The first-order valence-electron chi connectivity index (χ1n) is 29.1. The Morgan fingerprint density at radius 2 is 1.12 bits per heavy atom. The number of ether oxygens (including phenoxy) is 2. The molecule has 1 saturated heterocycles. The number of hydrogen-bond acceptors (Lipinski definition) is 16. The summed E-state index contributed by atoms with van der Waals surface area (Å²) in [5, 5.41) is 50.1. The number of alkyl carbamates (subject to hydrolysis) is 2. The van der Waals surface area contributed by atoms with Crippen LogP contribution in [0.15, 0.2) is 30.3 Å². The molecule has 11 amide bonds. The van der Waals surface area contributed by atoms with Crippen molar-refractivity contribution >= 4 is 65.4 Å². The quantitative estimate of drug-likeness (QED) is 0.0725. The van der Waals surface area contributed by atoms with Crippen molar-refractivity contribution in [2.75, 3.05) is 19.6 Å². The van der Waals surface area contributed by atoms with E-state index in [0.29, 0.717) is 18.4 Å². The Balaban J connectivity index is 2.85. The number of hydrogen-bond donors (Lipinski definition) is 14. The van der Waals surface area contributed by atoms with Crippen LogP contribution in [0.3, 0.4) is 0 Å². The number of amides is 11. The Bertz CT molecular complexity index is 2350. The standard InChI is InChI=1S/C57H96N12O15/c1-13-19-36-46(73)64-37(20-14-2)49(76)69-45(33(6)70)53(80)59-27-24-38(63-43(72)31-35(62-52(79)44(58)42(71)15-3)23-26-60-54(81)83-56(7,8)9)47(74)66-39(25-28-61-55(82)84-57(10,11)12)48(75)68-41(30-34-21-17-16-18-22-34)51(78)67-40(29-32(4)5)50(77)65-36/h16-18,21-22,32-33,35-42,44-45,70-71H,13-15,19-20,23-31,58H2,1-12H3,(H,59,80)(H,60,81)(H,61,82)(H,62,79)(H,63,72)(H,64,73)(H,65,77)(H,66,74)(H,67,78)(H,68,75)(H,69,76)/t33-,35+,36+,37+,38+,39+,40+,41-,42-,44+,45+/m1/s1. The number of carbonyl (C=O) groups is 11. The highest BCUT2D eigenvalue weighted by atomic mass is 16.6. The van der Waals surface area contributed by atoms with Gasteiger partial charge in [-0.1, -0.05) is 77.8 Å². The zero-order chi connectivity index (χ0) is 63.5. The third kappa shape index (κ3) is 28.0. The fraction of sp³-hybridized carbons (Fsp3) is 0.702. The molecule has 15 N–H and O–H groups in total. The minimum Gasteiger partial charge on any atom is -0.444 e. The highest BCUT2D eigenvalue weighted by molar-refractivity contribution is 5.98. The van der Waals surface area contributed by atoms with Crippen LogP contribution in [0.4, 0.5) is 9.59 Å². The minimum absolute atomic E-state index is 0.0709. The average Bonchev–Trinajstić information content (AvgIpc) is 3.61. The van der Waals surface area contributed by atoms with Crippen LogP contribution in [0.1, 0.15) is 153 Å². The number of rotatable bonds is 22. The van der Waals surface area contributed by atoms with Crippen LogP contribution in [0.25, 0.3) is 0 Å². The summed E-state index contributed by atoms with van der Waals surface area (Å²) in [5.41, 5.74) is 4.82. The van der Waals surface area contributed by atoms with Gasteiger partial charge in [0.25, 0.3) is 0 Å². The molecule has 0 unspecified atom stereocenters. The van der Waals surface area contributed by atoms with Crippen molar-refractivity contribution < 1.29 is 72.4 Å². The zero-order valence-electron chi connectivity index (χ0n) is 51.0. The van der Waals surface area contributed by atoms with Crippen molar-refractivity contribution in [1.82, 2.24) is 58.5 Å². The number of aliphatic hydroxyl groups is 2. The monoisotopic (exact) mass is 1190 g/mol. The van der Waals surface area contributed by atoms with Crippen LogP contribution < -0.4 is 64.2 Å². The average molecular weight is 1190 g/mol. The highest BCUT2D eigenvalue weighted by Crippen LogP contribution is 2.13. The summed E-state index contributed by atoms with van der Waals surface area (Å²) in [6.45, 7) is 19.0. The maximum Gasteiger partial charge on any atom is 0.407 e. The van der Waals surface area contributed by atoms with Crippen molar-refractivity contribution in [2.45, 2.75) is 232 Å². The molecule has 27 heteroatoms. The summed E-state index contributed by atoms with van der Waals surface area (Å²) in [6.07, 6.45) is -4.84. The fourth-order valence-electron chi connectivity index (χ4n) is 8.61. The molecule has 84 heavy (non-hydrogen) atoms. The largest absolute Gasteiger partial charge is 0.444 e. The molecule has 1 heterocycles. The van der Waals surface area contributed by atoms with E-state index in [2.05, 4.69) is 58.5 Å². The molecule has 0 radical (unpaired) electrons. The molecule has 27 nitrogen and oxygen atoms in total. The summed E-state index contributed by atoms with van der Waals surface area (Å²) < 4.78 is 10.7. The normalized spacial score (nSPS) is 22.6. The van der Waals surface area contributed by atoms with Gasteiger partial charge in [0.1, 0.15) is 59.5 Å². The van der Waals surface area contributed by atoms with E-state index in [1.165, 1.54) is 6.92 Å². The lowest BCUT2D eigenvalue weighted by Crippen LogP contribution is -2.60. The number of aliphatic hydroxyl groups excluding tert-OH is 2. The van der Waals surface area contributed by atoms with E-state index in [-0.39, 0.29) is 64.0 Å².